The van der Waals surface area contributed by atoms with Gasteiger partial charge in [0.15, 0.2) is 0 Å². The summed E-state index contributed by atoms with van der Waals surface area (Å²) < 4.78 is 19.9. The number of carbonyl (C=O) groups excluding carboxylic acids is 1. The van der Waals surface area contributed by atoms with Crippen LogP contribution in [0.1, 0.15) is 25.0 Å². The van der Waals surface area contributed by atoms with E-state index in [0.29, 0.717) is 6.42 Å². The maximum absolute atomic E-state index is 13.3. The molecule has 0 fully saturated rings. The van der Waals surface area contributed by atoms with Crippen molar-refractivity contribution in [1.82, 2.24) is 0 Å². The number of hydrogen-bond acceptors (Lipinski definition) is 4. The summed E-state index contributed by atoms with van der Waals surface area (Å²) in [6, 6.07) is 26.3. The minimum Gasteiger partial charge on any atom is -0.457 e. The Balaban J connectivity index is 1.83. The van der Waals surface area contributed by atoms with Gasteiger partial charge in [-0.1, -0.05) is 78.1 Å². The van der Waals surface area contributed by atoms with Crippen LogP contribution in [0.25, 0.3) is 0 Å². The average Bonchev–Trinajstić information content (AvgIpc) is 2.73. The van der Waals surface area contributed by atoms with E-state index in [2.05, 4.69) is 30.3 Å². The van der Waals surface area contributed by atoms with Crippen LogP contribution in [-0.4, -0.2) is 5.97 Å². The van der Waals surface area contributed by atoms with Gasteiger partial charge in [-0.3, -0.25) is 4.79 Å². The number of thioether (sulfide) groups is 2. The second-order valence-electron chi connectivity index (χ2n) is 6.24. The summed E-state index contributed by atoms with van der Waals surface area (Å²) >= 11 is 3.33. The van der Waals surface area contributed by atoms with Gasteiger partial charge >= 0.3 is 5.97 Å². The van der Waals surface area contributed by atoms with Crippen LogP contribution in [0, 0.1) is 5.82 Å². The first-order chi connectivity index (χ1) is 14.1. The number of benzene rings is 3. The van der Waals surface area contributed by atoms with Crippen LogP contribution in [0.5, 0.6) is 0 Å². The molecule has 5 heteroatoms. The van der Waals surface area contributed by atoms with Gasteiger partial charge in [0.05, 0.1) is 0 Å². The molecule has 0 radical (unpaired) electrons. The number of esters is 1. The van der Waals surface area contributed by atoms with Crippen LogP contribution < -0.4 is 0 Å². The van der Waals surface area contributed by atoms with E-state index in [1.54, 1.807) is 35.7 Å². The van der Waals surface area contributed by atoms with Crippen molar-refractivity contribution in [3.63, 3.8) is 0 Å². The molecule has 0 amide bonds. The normalized spacial score (nSPS) is 11.5. The molecular formula is C24H21FO2S2. The lowest BCUT2D eigenvalue weighted by molar-refractivity contribution is -0.146. The van der Waals surface area contributed by atoms with E-state index in [1.165, 1.54) is 19.1 Å². The Morgan fingerprint density at radius 1 is 0.897 bits per heavy atom. The molecule has 0 unspecified atom stereocenters. The summed E-state index contributed by atoms with van der Waals surface area (Å²) in [6.45, 7) is 1.39. The lowest BCUT2D eigenvalue weighted by Crippen LogP contribution is -2.08. The molecule has 0 aliphatic carbocycles. The number of halogens is 1. The molecule has 3 rings (SSSR count). The maximum Gasteiger partial charge on any atom is 0.303 e. The van der Waals surface area contributed by atoms with Crippen molar-refractivity contribution in [3.05, 3.63) is 107 Å². The first-order valence-electron chi connectivity index (χ1n) is 9.19. The summed E-state index contributed by atoms with van der Waals surface area (Å²) in [6.07, 6.45) is 2.11. The Morgan fingerprint density at radius 3 is 1.90 bits per heavy atom. The molecule has 148 valence electrons. The average molecular weight is 425 g/mol. The van der Waals surface area contributed by atoms with Crippen LogP contribution in [0.2, 0.25) is 0 Å². The number of rotatable bonds is 8. The van der Waals surface area contributed by atoms with Gasteiger partial charge in [-0.2, -0.15) is 0 Å². The monoisotopic (exact) mass is 424 g/mol. The first kappa shape index (κ1) is 21.2. The molecular weight excluding hydrogens is 403 g/mol. The van der Waals surface area contributed by atoms with E-state index in [1.807, 2.05) is 36.4 Å². The van der Waals surface area contributed by atoms with Crippen molar-refractivity contribution in [3.8, 4) is 0 Å². The SMILES string of the molecule is CC(=O)O[C@H](CC=C(Sc1ccccc1)Sc1ccccc1)c1ccc(F)cc1. The molecule has 0 aromatic heterocycles. The Labute approximate surface area is 179 Å². The molecule has 0 saturated carbocycles. The van der Waals surface area contributed by atoms with Crippen LogP contribution in [0.15, 0.2) is 105 Å². The van der Waals surface area contributed by atoms with E-state index in [9.17, 15) is 9.18 Å². The summed E-state index contributed by atoms with van der Waals surface area (Å²) in [4.78, 5) is 13.9. The van der Waals surface area contributed by atoms with Crippen molar-refractivity contribution in [2.24, 2.45) is 0 Å². The van der Waals surface area contributed by atoms with E-state index in [0.717, 1.165) is 19.6 Å². The molecule has 3 aromatic carbocycles. The largest absolute Gasteiger partial charge is 0.457 e. The number of hydrogen-bond donors (Lipinski definition) is 0. The second kappa shape index (κ2) is 10.9. The van der Waals surface area contributed by atoms with Gasteiger partial charge in [0.1, 0.15) is 11.9 Å². The molecule has 0 saturated heterocycles. The van der Waals surface area contributed by atoms with Gasteiger partial charge in [0, 0.05) is 27.4 Å². The van der Waals surface area contributed by atoms with Gasteiger partial charge in [-0.15, -0.1) is 0 Å². The minimum atomic E-state index is -0.462. The highest BCUT2D eigenvalue weighted by Gasteiger charge is 2.15. The molecule has 0 spiro atoms. The van der Waals surface area contributed by atoms with Crippen molar-refractivity contribution >= 4 is 29.5 Å². The summed E-state index contributed by atoms with van der Waals surface area (Å²) in [7, 11) is 0. The molecule has 3 aromatic rings. The molecule has 0 aliphatic rings. The quantitative estimate of drug-likeness (QED) is 0.281. The number of carbonyl (C=O) groups is 1. The molecule has 2 nitrogen and oxygen atoms in total. The first-order valence-corrected chi connectivity index (χ1v) is 10.8. The summed E-state index contributed by atoms with van der Waals surface area (Å²) in [5.41, 5.74) is 0.770. The van der Waals surface area contributed by atoms with Crippen molar-refractivity contribution in [2.75, 3.05) is 0 Å². The molecule has 1 atom stereocenters. The van der Waals surface area contributed by atoms with Crippen LogP contribution in [0.3, 0.4) is 0 Å². The molecule has 0 bridgehead atoms. The summed E-state index contributed by atoms with van der Waals surface area (Å²) in [5.74, 6) is -0.675. The zero-order valence-electron chi connectivity index (χ0n) is 16.0. The fourth-order valence-electron chi connectivity index (χ4n) is 2.65. The highest BCUT2D eigenvalue weighted by atomic mass is 32.2. The van der Waals surface area contributed by atoms with Gasteiger partial charge in [0.25, 0.3) is 0 Å². The third-order valence-electron chi connectivity index (χ3n) is 3.97. The smallest absolute Gasteiger partial charge is 0.303 e. The Morgan fingerprint density at radius 2 is 1.41 bits per heavy atom. The molecule has 0 heterocycles. The Hall–Kier alpha value is -2.50. The van der Waals surface area contributed by atoms with E-state index < -0.39 is 6.10 Å². The fraction of sp³-hybridized carbons (Fsp3) is 0.125. The lowest BCUT2D eigenvalue weighted by Gasteiger charge is -2.17. The maximum atomic E-state index is 13.3. The topological polar surface area (TPSA) is 26.3 Å². The fourth-order valence-corrected chi connectivity index (χ4v) is 4.80. The third kappa shape index (κ3) is 7.11. The standard InChI is InChI=1S/C24H21FO2S2/c1-18(26)27-23(19-12-14-20(25)15-13-19)16-17-24(28-21-8-4-2-5-9-21)29-22-10-6-3-7-11-22/h2-15,17,23H,16H2,1H3/t23-/m1/s1. The summed E-state index contributed by atoms with van der Waals surface area (Å²) in [5, 5.41) is 0. The van der Waals surface area contributed by atoms with Crippen molar-refractivity contribution in [1.29, 1.82) is 0 Å². The zero-order valence-corrected chi connectivity index (χ0v) is 17.6. The highest BCUT2D eigenvalue weighted by Crippen LogP contribution is 2.40. The van der Waals surface area contributed by atoms with E-state index in [4.69, 9.17) is 4.74 Å². The van der Waals surface area contributed by atoms with Gasteiger partial charge in [-0.05, 0) is 42.0 Å². The highest BCUT2D eigenvalue weighted by molar-refractivity contribution is 8.22. The Kier molecular flexibility index (Phi) is 7.96. The second-order valence-corrected chi connectivity index (χ2v) is 8.73. The van der Waals surface area contributed by atoms with Gasteiger partial charge in [-0.25, -0.2) is 4.39 Å². The van der Waals surface area contributed by atoms with E-state index >= 15 is 0 Å². The van der Waals surface area contributed by atoms with Crippen LogP contribution in [-0.2, 0) is 9.53 Å². The van der Waals surface area contributed by atoms with Crippen molar-refractivity contribution in [2.45, 2.75) is 29.2 Å². The zero-order chi connectivity index (χ0) is 20.5. The third-order valence-corrected chi connectivity index (χ3v) is 6.22. The molecule has 0 aliphatic heterocycles. The molecule has 29 heavy (non-hydrogen) atoms. The predicted molar refractivity (Wildman–Crippen MR) is 118 cm³/mol. The van der Waals surface area contributed by atoms with Gasteiger partial charge in [0.2, 0.25) is 0 Å². The van der Waals surface area contributed by atoms with Crippen molar-refractivity contribution < 1.29 is 13.9 Å². The number of ether oxygens (including phenoxy) is 1. The minimum absolute atomic E-state index is 0.314. The van der Waals surface area contributed by atoms with Crippen LogP contribution >= 0.6 is 23.5 Å². The van der Waals surface area contributed by atoms with Crippen LogP contribution in [0.4, 0.5) is 4.39 Å². The Bertz CT molecular complexity index is 898. The molecule has 0 N–H and O–H groups in total. The predicted octanol–water partition coefficient (Wildman–Crippen LogP) is 7.25. The lowest BCUT2D eigenvalue weighted by atomic mass is 10.1. The van der Waals surface area contributed by atoms with Gasteiger partial charge < -0.3 is 4.74 Å². The van der Waals surface area contributed by atoms with E-state index in [-0.39, 0.29) is 11.8 Å².